The number of anilines is 1. The van der Waals surface area contributed by atoms with Crippen LogP contribution in [-0.2, 0) is 0 Å². The summed E-state index contributed by atoms with van der Waals surface area (Å²) in [5.41, 5.74) is 6.24. The van der Waals surface area contributed by atoms with Crippen molar-refractivity contribution in [2.75, 3.05) is 12.4 Å². The van der Waals surface area contributed by atoms with E-state index in [4.69, 9.17) is 15.7 Å². The molecule has 7 heteroatoms. The molecule has 0 radical (unpaired) electrons. The van der Waals surface area contributed by atoms with E-state index in [0.717, 1.165) is 19.3 Å². The van der Waals surface area contributed by atoms with Crippen molar-refractivity contribution in [2.45, 2.75) is 25.3 Å². The predicted molar refractivity (Wildman–Crippen MR) is 79.7 cm³/mol. The van der Waals surface area contributed by atoms with Gasteiger partial charge in [0.2, 0.25) is 0 Å². The van der Waals surface area contributed by atoms with Crippen LogP contribution in [0.4, 0.5) is 10.5 Å². The van der Waals surface area contributed by atoms with Gasteiger partial charge in [0.25, 0.3) is 0 Å². The molecule has 0 aromatic heterocycles. The van der Waals surface area contributed by atoms with Gasteiger partial charge in [0, 0.05) is 12.0 Å². The largest absolute Gasteiger partial charge is 0.495 e. The lowest BCUT2D eigenvalue weighted by Gasteiger charge is -2.20. The first-order valence-corrected chi connectivity index (χ1v) is 6.83. The van der Waals surface area contributed by atoms with Crippen LogP contribution >= 0.6 is 0 Å². The molecule has 0 spiro atoms. The summed E-state index contributed by atoms with van der Waals surface area (Å²) in [6, 6.07) is 6.70. The van der Waals surface area contributed by atoms with Gasteiger partial charge in [-0.25, -0.2) is 4.79 Å². The summed E-state index contributed by atoms with van der Waals surface area (Å²) in [7, 11) is 1.55. The molecule has 1 aliphatic rings. The average Bonchev–Trinajstić information content (AvgIpc) is 2.95. The number of amides is 2. The topological polar surface area (TPSA) is 109 Å². The normalized spacial score (nSPS) is 21.9. The summed E-state index contributed by atoms with van der Waals surface area (Å²) in [5.74, 6) is 0.626. The molecule has 2 amide bonds. The number of nitrogens with two attached hydrogens (primary N) is 1. The summed E-state index contributed by atoms with van der Waals surface area (Å²) >= 11 is 0. The highest BCUT2D eigenvalue weighted by molar-refractivity contribution is 5.92. The van der Waals surface area contributed by atoms with Crippen molar-refractivity contribution in [3.8, 4) is 5.75 Å². The number of para-hydroxylation sites is 2. The van der Waals surface area contributed by atoms with Gasteiger partial charge < -0.3 is 26.3 Å². The maximum Gasteiger partial charge on any atom is 0.319 e. The molecule has 114 valence electrons. The van der Waals surface area contributed by atoms with E-state index in [9.17, 15) is 4.79 Å². The Hall–Kier alpha value is -2.44. The van der Waals surface area contributed by atoms with Crippen LogP contribution in [0.15, 0.2) is 29.4 Å². The molecule has 5 N–H and O–H groups in total. The van der Waals surface area contributed by atoms with Gasteiger partial charge in [-0.2, -0.15) is 0 Å². The van der Waals surface area contributed by atoms with Gasteiger partial charge in [0.1, 0.15) is 11.6 Å². The number of carbonyl (C=O) groups excluding carboxylic acids is 1. The molecular weight excluding hydrogens is 272 g/mol. The maximum absolute atomic E-state index is 12.1. The fourth-order valence-electron chi connectivity index (χ4n) is 2.64. The minimum Gasteiger partial charge on any atom is -0.495 e. The fraction of sp³-hybridized carbons (Fsp3) is 0.429. The van der Waals surface area contributed by atoms with E-state index < -0.39 is 0 Å². The number of ether oxygens (including phenoxy) is 1. The van der Waals surface area contributed by atoms with Gasteiger partial charge in [-0.3, -0.25) is 0 Å². The molecule has 2 rings (SSSR count). The standard InChI is InChI=1S/C14H20N4O3/c1-21-12-8-3-2-6-11(12)17-14(19)16-10-7-4-5-9(10)13(15)18-20/h2-3,6,8-10,20H,4-5,7H2,1H3,(H2,15,18)(H2,16,17,19). The second-order valence-electron chi connectivity index (χ2n) is 4.97. The molecule has 7 nitrogen and oxygen atoms in total. The predicted octanol–water partition coefficient (Wildman–Crippen LogP) is 1.73. The number of methoxy groups -OCH3 is 1. The molecule has 1 aromatic carbocycles. The molecular formula is C14H20N4O3. The van der Waals surface area contributed by atoms with Crippen molar-refractivity contribution in [3.63, 3.8) is 0 Å². The van der Waals surface area contributed by atoms with E-state index in [1.165, 1.54) is 0 Å². The van der Waals surface area contributed by atoms with Gasteiger partial charge in [-0.1, -0.05) is 23.7 Å². The zero-order valence-corrected chi connectivity index (χ0v) is 11.9. The van der Waals surface area contributed by atoms with Gasteiger partial charge in [-0.15, -0.1) is 0 Å². The van der Waals surface area contributed by atoms with E-state index in [2.05, 4.69) is 15.8 Å². The van der Waals surface area contributed by atoms with E-state index in [1.54, 1.807) is 19.2 Å². The molecule has 1 aliphatic carbocycles. The second kappa shape index (κ2) is 6.83. The van der Waals surface area contributed by atoms with Crippen molar-refractivity contribution in [1.82, 2.24) is 5.32 Å². The summed E-state index contributed by atoms with van der Waals surface area (Å²) in [6.45, 7) is 0. The Balaban J connectivity index is 1.98. The summed E-state index contributed by atoms with van der Waals surface area (Å²) in [4.78, 5) is 12.1. The zero-order chi connectivity index (χ0) is 15.2. The number of benzene rings is 1. The molecule has 1 aromatic rings. The van der Waals surface area contributed by atoms with E-state index in [-0.39, 0.29) is 23.8 Å². The highest BCUT2D eigenvalue weighted by atomic mass is 16.5. The molecule has 21 heavy (non-hydrogen) atoms. The molecule has 1 saturated carbocycles. The number of amidine groups is 1. The third kappa shape index (κ3) is 3.56. The quantitative estimate of drug-likeness (QED) is 0.293. The Kier molecular flexibility index (Phi) is 4.86. The van der Waals surface area contributed by atoms with Gasteiger partial charge in [0.15, 0.2) is 0 Å². The number of hydrogen-bond donors (Lipinski definition) is 4. The molecule has 2 unspecified atom stereocenters. The Morgan fingerprint density at radius 2 is 2.19 bits per heavy atom. The number of rotatable bonds is 4. The summed E-state index contributed by atoms with van der Waals surface area (Å²) in [6.07, 6.45) is 2.54. The molecule has 0 aliphatic heterocycles. The van der Waals surface area contributed by atoms with Gasteiger partial charge >= 0.3 is 6.03 Å². The number of nitrogens with zero attached hydrogens (tertiary/aromatic N) is 1. The highest BCUT2D eigenvalue weighted by Gasteiger charge is 2.31. The van der Waals surface area contributed by atoms with Crippen molar-refractivity contribution in [2.24, 2.45) is 16.8 Å². The third-order valence-electron chi connectivity index (χ3n) is 3.68. The van der Waals surface area contributed by atoms with Crippen LogP contribution in [0.25, 0.3) is 0 Å². The Labute approximate surface area is 123 Å². The number of urea groups is 1. The Morgan fingerprint density at radius 1 is 1.43 bits per heavy atom. The first-order chi connectivity index (χ1) is 10.2. The number of oxime groups is 1. The minimum atomic E-state index is -0.331. The van der Waals surface area contributed by atoms with Gasteiger partial charge in [-0.05, 0) is 25.0 Å². The number of hydrogen-bond acceptors (Lipinski definition) is 4. The van der Waals surface area contributed by atoms with Crippen molar-refractivity contribution in [3.05, 3.63) is 24.3 Å². The Morgan fingerprint density at radius 3 is 2.90 bits per heavy atom. The van der Waals surface area contributed by atoms with Crippen molar-refractivity contribution in [1.29, 1.82) is 0 Å². The SMILES string of the molecule is COc1ccccc1NC(=O)NC1CCCC1C(N)=NO. The van der Waals surface area contributed by atoms with Crippen molar-refractivity contribution < 1.29 is 14.7 Å². The first-order valence-electron chi connectivity index (χ1n) is 6.83. The van der Waals surface area contributed by atoms with Gasteiger partial charge in [0.05, 0.1) is 12.8 Å². The second-order valence-corrected chi connectivity index (χ2v) is 4.97. The molecule has 2 atom stereocenters. The molecule has 0 bridgehead atoms. The van der Waals surface area contributed by atoms with Crippen LogP contribution < -0.4 is 21.1 Å². The van der Waals surface area contributed by atoms with E-state index in [1.807, 2.05) is 12.1 Å². The molecule has 0 saturated heterocycles. The van der Waals surface area contributed by atoms with E-state index >= 15 is 0 Å². The third-order valence-corrected chi connectivity index (χ3v) is 3.68. The van der Waals surface area contributed by atoms with Crippen LogP contribution in [0, 0.1) is 5.92 Å². The smallest absolute Gasteiger partial charge is 0.319 e. The zero-order valence-electron chi connectivity index (χ0n) is 11.9. The monoisotopic (exact) mass is 292 g/mol. The summed E-state index contributed by atoms with van der Waals surface area (Å²) < 4.78 is 5.18. The maximum atomic E-state index is 12.1. The lowest BCUT2D eigenvalue weighted by molar-refractivity contribution is 0.246. The van der Waals surface area contributed by atoms with Crippen LogP contribution in [0.3, 0.4) is 0 Å². The summed E-state index contributed by atoms with van der Waals surface area (Å²) in [5, 5.41) is 17.4. The fourth-order valence-corrected chi connectivity index (χ4v) is 2.64. The first kappa shape index (κ1) is 15.0. The van der Waals surface area contributed by atoms with E-state index in [0.29, 0.717) is 11.4 Å². The Bertz CT molecular complexity index is 533. The lowest BCUT2D eigenvalue weighted by Crippen LogP contribution is -2.44. The van der Waals surface area contributed by atoms with Crippen molar-refractivity contribution >= 4 is 17.6 Å². The molecule has 0 heterocycles. The number of nitrogens with one attached hydrogen (secondary N) is 2. The average molecular weight is 292 g/mol. The number of carbonyl (C=O) groups is 1. The van der Waals surface area contributed by atoms with Crippen LogP contribution in [-0.4, -0.2) is 30.2 Å². The molecule has 1 fully saturated rings. The lowest BCUT2D eigenvalue weighted by atomic mass is 10.0. The van der Waals surface area contributed by atoms with Crippen LogP contribution in [0.1, 0.15) is 19.3 Å². The minimum absolute atomic E-state index is 0.126. The highest BCUT2D eigenvalue weighted by Crippen LogP contribution is 2.27. The van der Waals surface area contributed by atoms with Crippen LogP contribution in [0.2, 0.25) is 0 Å². The van der Waals surface area contributed by atoms with Crippen LogP contribution in [0.5, 0.6) is 5.75 Å².